The molecular formula is C17H27NO2. The van der Waals surface area contributed by atoms with Gasteiger partial charge >= 0.3 is 0 Å². The van der Waals surface area contributed by atoms with E-state index in [9.17, 15) is 5.11 Å². The Hall–Kier alpha value is -1.06. The van der Waals surface area contributed by atoms with Crippen LogP contribution in [0.4, 0.5) is 0 Å². The number of methoxy groups -OCH3 is 1. The van der Waals surface area contributed by atoms with Gasteiger partial charge in [-0.3, -0.25) is 0 Å². The van der Waals surface area contributed by atoms with Crippen LogP contribution in [0.1, 0.15) is 57.4 Å². The molecule has 1 unspecified atom stereocenters. The molecule has 0 aliphatic heterocycles. The van der Waals surface area contributed by atoms with Crippen LogP contribution in [0.15, 0.2) is 24.3 Å². The molecule has 1 aromatic carbocycles. The van der Waals surface area contributed by atoms with Crippen LogP contribution in [0.25, 0.3) is 0 Å². The van der Waals surface area contributed by atoms with Gasteiger partial charge in [0, 0.05) is 11.5 Å². The second kappa shape index (κ2) is 5.74. The molecule has 3 heteroatoms. The van der Waals surface area contributed by atoms with Gasteiger partial charge in [-0.05, 0) is 44.4 Å². The Morgan fingerprint density at radius 2 is 1.70 bits per heavy atom. The fourth-order valence-corrected chi connectivity index (χ4v) is 3.68. The summed E-state index contributed by atoms with van der Waals surface area (Å²) >= 11 is 0. The summed E-state index contributed by atoms with van der Waals surface area (Å²) in [5.41, 5.74) is 6.36. The Morgan fingerprint density at radius 3 is 2.15 bits per heavy atom. The number of benzene rings is 1. The minimum absolute atomic E-state index is 0.0544. The van der Waals surface area contributed by atoms with E-state index in [1.165, 1.54) is 6.42 Å². The van der Waals surface area contributed by atoms with Crippen molar-refractivity contribution in [1.29, 1.82) is 0 Å². The number of nitrogens with two attached hydrogens (primary N) is 1. The number of hydrogen-bond acceptors (Lipinski definition) is 3. The lowest BCUT2D eigenvalue weighted by atomic mass is 9.66. The average molecular weight is 277 g/mol. The first-order chi connectivity index (χ1) is 9.37. The van der Waals surface area contributed by atoms with Crippen LogP contribution in [-0.4, -0.2) is 23.4 Å². The first kappa shape index (κ1) is 15.3. The molecule has 2 rings (SSSR count). The van der Waals surface area contributed by atoms with Crippen LogP contribution in [0.3, 0.4) is 0 Å². The fraction of sp³-hybridized carbons (Fsp3) is 0.647. The summed E-state index contributed by atoms with van der Waals surface area (Å²) in [6.07, 6.45) is 5.05. The van der Waals surface area contributed by atoms with Gasteiger partial charge in [-0.15, -0.1) is 0 Å². The highest BCUT2D eigenvalue weighted by Crippen LogP contribution is 2.44. The van der Waals surface area contributed by atoms with Gasteiger partial charge in [0.25, 0.3) is 0 Å². The first-order valence-electron chi connectivity index (χ1n) is 7.52. The van der Waals surface area contributed by atoms with Crippen molar-refractivity contribution in [2.75, 3.05) is 7.11 Å². The monoisotopic (exact) mass is 277 g/mol. The summed E-state index contributed by atoms with van der Waals surface area (Å²) < 4.78 is 5.21. The number of rotatable bonds is 4. The standard InChI is InChI=1S/C17H27NO2/c1-16(2,18)15(17(19)11-5-4-6-12-17)13-7-9-14(20-3)10-8-13/h7-10,15,19H,4-6,11-12,18H2,1-3H3. The van der Waals surface area contributed by atoms with Crippen molar-refractivity contribution in [2.24, 2.45) is 5.73 Å². The van der Waals surface area contributed by atoms with Gasteiger partial charge < -0.3 is 15.6 Å². The normalized spacial score (nSPS) is 20.4. The summed E-state index contributed by atoms with van der Waals surface area (Å²) in [5.74, 6) is 0.777. The largest absolute Gasteiger partial charge is 0.497 e. The minimum Gasteiger partial charge on any atom is -0.497 e. The van der Waals surface area contributed by atoms with Crippen LogP contribution in [0, 0.1) is 0 Å². The van der Waals surface area contributed by atoms with E-state index < -0.39 is 11.1 Å². The molecule has 0 aromatic heterocycles. The maximum Gasteiger partial charge on any atom is 0.118 e. The Kier molecular flexibility index (Phi) is 4.40. The average Bonchev–Trinajstić information content (AvgIpc) is 2.38. The Morgan fingerprint density at radius 1 is 1.15 bits per heavy atom. The Bertz CT molecular complexity index is 427. The van der Waals surface area contributed by atoms with Gasteiger partial charge in [0.05, 0.1) is 12.7 Å². The zero-order valence-electron chi connectivity index (χ0n) is 12.9. The predicted molar refractivity (Wildman–Crippen MR) is 82.0 cm³/mol. The molecule has 0 heterocycles. The van der Waals surface area contributed by atoms with Gasteiger partial charge in [0.2, 0.25) is 0 Å². The molecule has 1 atom stereocenters. The fourth-order valence-electron chi connectivity index (χ4n) is 3.68. The van der Waals surface area contributed by atoms with E-state index in [4.69, 9.17) is 10.5 Å². The van der Waals surface area contributed by atoms with Gasteiger partial charge in [-0.2, -0.15) is 0 Å². The molecule has 1 aromatic rings. The third-order valence-corrected chi connectivity index (χ3v) is 4.45. The highest BCUT2D eigenvalue weighted by Gasteiger charge is 2.45. The van der Waals surface area contributed by atoms with Crippen LogP contribution in [-0.2, 0) is 0 Å². The van der Waals surface area contributed by atoms with E-state index in [2.05, 4.69) is 0 Å². The topological polar surface area (TPSA) is 55.5 Å². The molecule has 1 fully saturated rings. The van der Waals surface area contributed by atoms with Crippen LogP contribution >= 0.6 is 0 Å². The molecule has 1 aliphatic carbocycles. The minimum atomic E-state index is -0.689. The second-order valence-electron chi connectivity index (χ2n) is 6.69. The maximum absolute atomic E-state index is 11.1. The lowest BCUT2D eigenvalue weighted by molar-refractivity contribution is -0.0394. The Labute approximate surface area is 122 Å². The second-order valence-corrected chi connectivity index (χ2v) is 6.69. The number of hydrogen-bond donors (Lipinski definition) is 2. The number of ether oxygens (including phenoxy) is 1. The smallest absolute Gasteiger partial charge is 0.118 e. The van der Waals surface area contributed by atoms with Crippen molar-refractivity contribution in [1.82, 2.24) is 0 Å². The lowest BCUT2D eigenvalue weighted by Crippen LogP contribution is -2.52. The van der Waals surface area contributed by atoms with Crippen molar-refractivity contribution >= 4 is 0 Å². The summed E-state index contributed by atoms with van der Waals surface area (Å²) in [6, 6.07) is 7.95. The van der Waals surface area contributed by atoms with Gasteiger partial charge in [0.1, 0.15) is 5.75 Å². The molecule has 112 valence electrons. The Balaban J connectivity index is 2.36. The molecule has 0 spiro atoms. The van der Waals surface area contributed by atoms with E-state index in [1.807, 2.05) is 38.1 Å². The highest BCUT2D eigenvalue weighted by molar-refractivity contribution is 5.33. The summed E-state index contributed by atoms with van der Waals surface area (Å²) in [5, 5.41) is 11.1. The van der Waals surface area contributed by atoms with Gasteiger partial charge in [-0.25, -0.2) is 0 Å². The zero-order chi connectivity index (χ0) is 14.8. The lowest BCUT2D eigenvalue weighted by Gasteiger charge is -2.46. The van der Waals surface area contributed by atoms with E-state index in [1.54, 1.807) is 7.11 Å². The molecule has 1 saturated carbocycles. The third kappa shape index (κ3) is 3.15. The van der Waals surface area contributed by atoms with E-state index in [-0.39, 0.29) is 5.92 Å². The van der Waals surface area contributed by atoms with Crippen LogP contribution in [0.5, 0.6) is 5.75 Å². The molecule has 0 radical (unpaired) electrons. The third-order valence-electron chi connectivity index (χ3n) is 4.45. The number of aliphatic hydroxyl groups is 1. The zero-order valence-corrected chi connectivity index (χ0v) is 12.9. The molecule has 0 saturated heterocycles. The molecule has 1 aliphatic rings. The molecule has 20 heavy (non-hydrogen) atoms. The van der Waals surface area contributed by atoms with Crippen molar-refractivity contribution in [3.63, 3.8) is 0 Å². The highest BCUT2D eigenvalue weighted by atomic mass is 16.5. The first-order valence-corrected chi connectivity index (χ1v) is 7.52. The maximum atomic E-state index is 11.1. The van der Waals surface area contributed by atoms with Gasteiger partial charge in [-0.1, -0.05) is 31.4 Å². The molecule has 0 amide bonds. The van der Waals surface area contributed by atoms with Crippen molar-refractivity contribution in [3.05, 3.63) is 29.8 Å². The van der Waals surface area contributed by atoms with Crippen molar-refractivity contribution in [3.8, 4) is 5.75 Å². The summed E-state index contributed by atoms with van der Waals surface area (Å²) in [4.78, 5) is 0. The van der Waals surface area contributed by atoms with E-state index >= 15 is 0 Å². The summed E-state index contributed by atoms with van der Waals surface area (Å²) in [7, 11) is 1.66. The van der Waals surface area contributed by atoms with Crippen molar-refractivity contribution in [2.45, 2.75) is 63.0 Å². The molecule has 3 N–H and O–H groups in total. The molecule has 3 nitrogen and oxygen atoms in total. The SMILES string of the molecule is COc1ccc(C(C(C)(C)N)C2(O)CCCCC2)cc1. The van der Waals surface area contributed by atoms with Gasteiger partial charge in [0.15, 0.2) is 0 Å². The van der Waals surface area contributed by atoms with E-state index in [0.717, 1.165) is 37.0 Å². The van der Waals surface area contributed by atoms with Crippen molar-refractivity contribution < 1.29 is 9.84 Å². The van der Waals surface area contributed by atoms with Crippen LogP contribution in [0.2, 0.25) is 0 Å². The molecule has 0 bridgehead atoms. The summed E-state index contributed by atoms with van der Waals surface area (Å²) in [6.45, 7) is 4.02. The van der Waals surface area contributed by atoms with Crippen LogP contribution < -0.4 is 10.5 Å². The predicted octanol–water partition coefficient (Wildman–Crippen LogP) is 3.21. The quantitative estimate of drug-likeness (QED) is 0.888. The molecular weight excluding hydrogens is 250 g/mol. The van der Waals surface area contributed by atoms with E-state index in [0.29, 0.717) is 0 Å².